The summed E-state index contributed by atoms with van der Waals surface area (Å²) in [6, 6.07) is 5.34. The molecule has 1 aromatic rings. The zero-order valence-electron chi connectivity index (χ0n) is 6.07. The van der Waals surface area contributed by atoms with Crippen molar-refractivity contribution in [3.8, 4) is 5.75 Å². The van der Waals surface area contributed by atoms with Crippen molar-refractivity contribution < 1.29 is 4.74 Å². The molecule has 0 saturated carbocycles. The fraction of sp³-hybridized carbons (Fsp3) is 0.143. The number of methoxy groups -OCH3 is 1. The van der Waals surface area contributed by atoms with Crippen LogP contribution in [0.1, 0.15) is 0 Å². The highest BCUT2D eigenvalue weighted by Crippen LogP contribution is 2.21. The summed E-state index contributed by atoms with van der Waals surface area (Å²) in [6.07, 6.45) is 0. The van der Waals surface area contributed by atoms with Crippen molar-refractivity contribution in [1.82, 2.24) is 0 Å². The molecule has 2 N–H and O–H groups in total. The van der Waals surface area contributed by atoms with Crippen molar-refractivity contribution in [2.75, 3.05) is 12.8 Å². The number of hydrogen-bond donors (Lipinski definition) is 2. The van der Waals surface area contributed by atoms with E-state index in [4.69, 9.17) is 10.5 Å². The normalized spacial score (nSPS) is 8.55. The topological polar surface area (TPSA) is 35.2 Å². The number of halogens is 1. The highest BCUT2D eigenvalue weighted by atomic mass is 35.5. The van der Waals surface area contributed by atoms with E-state index in [-0.39, 0.29) is 12.4 Å². The molecule has 0 heterocycles. The van der Waals surface area contributed by atoms with Crippen molar-refractivity contribution in [2.24, 2.45) is 0 Å². The first kappa shape index (κ1) is 10.5. The number of hydrogen-bond acceptors (Lipinski definition) is 3. The van der Waals surface area contributed by atoms with Gasteiger partial charge in [0, 0.05) is 10.6 Å². The molecule has 62 valence electrons. The van der Waals surface area contributed by atoms with Gasteiger partial charge in [-0.25, -0.2) is 0 Å². The summed E-state index contributed by atoms with van der Waals surface area (Å²) in [6.45, 7) is 0. The summed E-state index contributed by atoms with van der Waals surface area (Å²) in [4.78, 5) is 0.749. The van der Waals surface area contributed by atoms with Gasteiger partial charge in [0.25, 0.3) is 0 Å². The number of ether oxygens (including phenoxy) is 1. The molecule has 2 nitrogen and oxygen atoms in total. The Morgan fingerprint density at radius 3 is 2.55 bits per heavy atom. The zero-order chi connectivity index (χ0) is 7.56. The molecule has 4 heteroatoms. The molecule has 0 atom stereocenters. The van der Waals surface area contributed by atoms with Crippen LogP contribution in [-0.4, -0.2) is 7.11 Å². The van der Waals surface area contributed by atoms with Crippen LogP contribution in [0.15, 0.2) is 23.1 Å². The molecule has 0 aromatic heterocycles. The van der Waals surface area contributed by atoms with Gasteiger partial charge in [-0.1, -0.05) is 0 Å². The van der Waals surface area contributed by atoms with Crippen LogP contribution in [0.3, 0.4) is 0 Å². The summed E-state index contributed by atoms with van der Waals surface area (Å²) >= 11 is 4.12. The van der Waals surface area contributed by atoms with Gasteiger partial charge in [-0.3, -0.25) is 0 Å². The lowest BCUT2D eigenvalue weighted by atomic mass is 10.3. The second-order valence-corrected chi connectivity index (χ2v) is 2.41. The molecule has 0 spiro atoms. The van der Waals surface area contributed by atoms with E-state index in [1.54, 1.807) is 25.3 Å². The first-order valence-electron chi connectivity index (χ1n) is 2.86. The molecule has 11 heavy (non-hydrogen) atoms. The van der Waals surface area contributed by atoms with Crippen LogP contribution in [0.2, 0.25) is 0 Å². The maximum Gasteiger partial charge on any atom is 0.120 e. The molecule has 0 unspecified atom stereocenters. The average molecular weight is 192 g/mol. The Morgan fingerprint density at radius 1 is 1.45 bits per heavy atom. The number of nitrogen functional groups attached to an aromatic ring is 1. The van der Waals surface area contributed by atoms with Gasteiger partial charge in [0.2, 0.25) is 0 Å². The Kier molecular flexibility index (Phi) is 4.15. The Morgan fingerprint density at radius 2 is 2.09 bits per heavy atom. The van der Waals surface area contributed by atoms with E-state index in [0.29, 0.717) is 5.69 Å². The maximum atomic E-state index is 5.51. The Bertz CT molecular complexity index is 242. The third-order valence-electron chi connectivity index (χ3n) is 1.24. The predicted octanol–water partition coefficient (Wildman–Crippen LogP) is 1.99. The van der Waals surface area contributed by atoms with Crippen LogP contribution in [-0.2, 0) is 0 Å². The van der Waals surface area contributed by atoms with E-state index >= 15 is 0 Å². The summed E-state index contributed by atoms with van der Waals surface area (Å²) < 4.78 is 4.95. The second kappa shape index (κ2) is 4.36. The molecule has 0 aliphatic heterocycles. The second-order valence-electron chi connectivity index (χ2n) is 1.92. The molecule has 0 aliphatic rings. The van der Waals surface area contributed by atoms with Crippen LogP contribution >= 0.6 is 25.0 Å². The van der Waals surface area contributed by atoms with Crippen molar-refractivity contribution in [3.05, 3.63) is 18.2 Å². The lowest BCUT2D eigenvalue weighted by molar-refractivity contribution is 0.414. The molecule has 0 bridgehead atoms. The minimum absolute atomic E-state index is 0. The maximum absolute atomic E-state index is 5.51. The number of thiol groups is 1. The van der Waals surface area contributed by atoms with E-state index in [1.165, 1.54) is 0 Å². The van der Waals surface area contributed by atoms with E-state index in [0.717, 1.165) is 10.6 Å². The van der Waals surface area contributed by atoms with Crippen molar-refractivity contribution in [2.45, 2.75) is 4.90 Å². The van der Waals surface area contributed by atoms with Gasteiger partial charge in [0.05, 0.1) is 7.11 Å². The van der Waals surface area contributed by atoms with Crippen molar-refractivity contribution in [1.29, 1.82) is 0 Å². The molecule has 0 radical (unpaired) electrons. The standard InChI is InChI=1S/C7H9NOS.ClH/c1-9-5-2-3-6(8)7(10)4-5;/h2-4,10H,8H2,1H3;1H. The van der Waals surface area contributed by atoms with Gasteiger partial charge in [0.1, 0.15) is 5.75 Å². The van der Waals surface area contributed by atoms with Gasteiger partial charge in [-0.2, -0.15) is 0 Å². The number of anilines is 1. The minimum atomic E-state index is 0. The molecule has 0 fully saturated rings. The fourth-order valence-electron chi connectivity index (χ4n) is 0.650. The number of rotatable bonds is 1. The first-order chi connectivity index (χ1) is 4.74. The van der Waals surface area contributed by atoms with E-state index in [1.807, 2.05) is 0 Å². The van der Waals surface area contributed by atoms with Crippen LogP contribution in [0.25, 0.3) is 0 Å². The van der Waals surface area contributed by atoms with Crippen molar-refractivity contribution >= 4 is 30.7 Å². The average Bonchev–Trinajstić information content (AvgIpc) is 1.95. The lowest BCUT2D eigenvalue weighted by Crippen LogP contribution is -1.88. The quantitative estimate of drug-likeness (QED) is 0.526. The highest BCUT2D eigenvalue weighted by molar-refractivity contribution is 7.80. The lowest BCUT2D eigenvalue weighted by Gasteiger charge is -2.01. The number of nitrogens with two attached hydrogens (primary N) is 1. The summed E-state index contributed by atoms with van der Waals surface area (Å²) in [5.41, 5.74) is 6.18. The van der Waals surface area contributed by atoms with Crippen LogP contribution in [0.5, 0.6) is 5.75 Å². The summed E-state index contributed by atoms with van der Waals surface area (Å²) in [7, 11) is 1.61. The molecule has 1 rings (SSSR count). The Labute approximate surface area is 77.6 Å². The van der Waals surface area contributed by atoms with Gasteiger partial charge in [0.15, 0.2) is 0 Å². The van der Waals surface area contributed by atoms with Crippen LogP contribution < -0.4 is 10.5 Å². The molecular weight excluding hydrogens is 182 g/mol. The fourth-order valence-corrected chi connectivity index (χ4v) is 0.852. The molecule has 0 amide bonds. The SMILES string of the molecule is COc1ccc(N)c(S)c1.Cl. The predicted molar refractivity (Wildman–Crippen MR) is 51.9 cm³/mol. The smallest absolute Gasteiger partial charge is 0.120 e. The number of benzene rings is 1. The zero-order valence-corrected chi connectivity index (χ0v) is 7.78. The first-order valence-corrected chi connectivity index (χ1v) is 3.31. The monoisotopic (exact) mass is 191 g/mol. The molecule has 0 aliphatic carbocycles. The van der Waals surface area contributed by atoms with Gasteiger partial charge >= 0.3 is 0 Å². The van der Waals surface area contributed by atoms with E-state index in [2.05, 4.69) is 12.6 Å². The summed E-state index contributed by atoms with van der Waals surface area (Å²) in [5, 5.41) is 0. The third-order valence-corrected chi connectivity index (χ3v) is 1.62. The third kappa shape index (κ3) is 2.52. The van der Waals surface area contributed by atoms with Crippen LogP contribution in [0, 0.1) is 0 Å². The van der Waals surface area contributed by atoms with E-state index < -0.39 is 0 Å². The molecular formula is C7H10ClNOS. The summed E-state index contributed by atoms with van der Waals surface area (Å²) in [5.74, 6) is 0.777. The molecule has 1 aromatic carbocycles. The Balaban J connectivity index is 0.000001000. The van der Waals surface area contributed by atoms with E-state index in [9.17, 15) is 0 Å². The minimum Gasteiger partial charge on any atom is -0.497 e. The van der Waals surface area contributed by atoms with Gasteiger partial charge in [-0.15, -0.1) is 25.0 Å². The van der Waals surface area contributed by atoms with Gasteiger partial charge in [-0.05, 0) is 18.2 Å². The largest absolute Gasteiger partial charge is 0.497 e. The van der Waals surface area contributed by atoms with Crippen molar-refractivity contribution in [3.63, 3.8) is 0 Å². The van der Waals surface area contributed by atoms with Crippen LogP contribution in [0.4, 0.5) is 5.69 Å². The molecule has 0 saturated heterocycles. The highest BCUT2D eigenvalue weighted by Gasteiger charge is 1.94. The van der Waals surface area contributed by atoms with Gasteiger partial charge < -0.3 is 10.5 Å². The Hall–Kier alpha value is -0.540.